The average molecular weight is 550 g/mol. The minimum absolute atomic E-state index is 0.0897. The molecule has 38 heavy (non-hydrogen) atoms. The van der Waals surface area contributed by atoms with Crippen molar-refractivity contribution >= 4 is 51.0 Å². The number of hydroxylamine groups is 2. The van der Waals surface area contributed by atoms with E-state index in [1.807, 2.05) is 28.2 Å². The van der Waals surface area contributed by atoms with E-state index in [1.165, 1.54) is 0 Å². The Morgan fingerprint density at radius 1 is 0.921 bits per heavy atom. The zero-order valence-electron chi connectivity index (χ0n) is 21.5. The molecular formula is C25H30ClN4O8+. The van der Waals surface area contributed by atoms with Gasteiger partial charge in [0.05, 0.1) is 21.3 Å². The molecule has 204 valence electrons. The van der Waals surface area contributed by atoms with Crippen LogP contribution in [0.1, 0.15) is 25.7 Å². The molecule has 0 spiro atoms. The van der Waals surface area contributed by atoms with Crippen molar-refractivity contribution in [1.29, 1.82) is 0 Å². The number of amides is 2. The van der Waals surface area contributed by atoms with Gasteiger partial charge in [-0.2, -0.15) is 18.5 Å². The first-order valence-electron chi connectivity index (χ1n) is 11.7. The van der Waals surface area contributed by atoms with Crippen LogP contribution in [0.4, 0.5) is 11.4 Å². The fraction of sp³-hybridized carbons (Fsp3) is 0.360. The Kier molecular flexibility index (Phi) is 9.07. The van der Waals surface area contributed by atoms with E-state index in [4.69, 9.17) is 23.5 Å². The molecule has 0 unspecified atom stereocenters. The number of rotatable bonds is 7. The number of imide groups is 1. The molecule has 13 heteroatoms. The van der Waals surface area contributed by atoms with Crippen LogP contribution in [0.25, 0.3) is 21.8 Å². The minimum atomic E-state index is -4.69. The van der Waals surface area contributed by atoms with Gasteiger partial charge in [0.1, 0.15) is 6.54 Å². The number of nitrogens with zero attached hydrogens (tertiary/aromatic N) is 4. The number of pyridine rings is 1. The van der Waals surface area contributed by atoms with Crippen molar-refractivity contribution in [1.82, 2.24) is 5.06 Å². The third kappa shape index (κ3) is 7.49. The van der Waals surface area contributed by atoms with Gasteiger partial charge < -0.3 is 14.6 Å². The summed E-state index contributed by atoms with van der Waals surface area (Å²) in [5, 5.41) is 2.83. The van der Waals surface area contributed by atoms with Crippen molar-refractivity contribution in [3.8, 4) is 0 Å². The SMILES string of the molecule is CN(C)c1ccc2cc3ccc(N(C)C)cc3[n+](CCCC(=O)ON3C(=O)CCC3=O)c2c1.[O-][Cl+3]([O-])([O-])O. The van der Waals surface area contributed by atoms with Crippen molar-refractivity contribution in [3.63, 3.8) is 0 Å². The summed E-state index contributed by atoms with van der Waals surface area (Å²) in [5.74, 6) is -1.50. The molecular weight excluding hydrogens is 520 g/mol. The number of carbonyl (C=O) groups excluding carboxylic acids is 3. The lowest BCUT2D eigenvalue weighted by Gasteiger charge is -2.15. The van der Waals surface area contributed by atoms with Gasteiger partial charge in [0.2, 0.25) is 11.0 Å². The van der Waals surface area contributed by atoms with Crippen molar-refractivity contribution in [3.05, 3.63) is 42.5 Å². The summed E-state index contributed by atoms with van der Waals surface area (Å²) in [6.45, 7) is 0.582. The normalized spacial score (nSPS) is 13.5. The van der Waals surface area contributed by atoms with Crippen LogP contribution in [0, 0.1) is 10.2 Å². The van der Waals surface area contributed by atoms with Gasteiger partial charge in [-0.25, -0.2) is 4.79 Å². The van der Waals surface area contributed by atoms with E-state index in [1.54, 1.807) is 0 Å². The van der Waals surface area contributed by atoms with Gasteiger partial charge in [-0.05, 0) is 30.3 Å². The predicted molar refractivity (Wildman–Crippen MR) is 129 cm³/mol. The molecule has 4 rings (SSSR count). The predicted octanol–water partition coefficient (Wildman–Crippen LogP) is -1.32. The number of benzene rings is 2. The second-order valence-electron chi connectivity index (χ2n) is 9.12. The minimum Gasteiger partial charge on any atom is -0.377 e. The molecule has 1 aromatic heterocycles. The fourth-order valence-corrected chi connectivity index (χ4v) is 4.06. The van der Waals surface area contributed by atoms with Crippen molar-refractivity contribution in [2.45, 2.75) is 32.2 Å². The molecule has 1 N–H and O–H groups in total. The number of aryl methyl sites for hydroxylation is 1. The van der Waals surface area contributed by atoms with Gasteiger partial charge in [-0.3, -0.25) is 9.59 Å². The molecule has 2 amide bonds. The molecule has 0 saturated carbocycles. The topological polar surface area (TPSA) is 163 Å². The van der Waals surface area contributed by atoms with Gasteiger partial charge in [-0.15, -0.1) is 5.06 Å². The Balaban J connectivity index is 0.000000732. The molecule has 1 aliphatic rings. The smallest absolute Gasteiger partial charge is 0.333 e. The molecule has 1 fully saturated rings. The first kappa shape index (κ1) is 29.0. The lowest BCUT2D eigenvalue weighted by Crippen LogP contribution is -2.58. The Bertz CT molecular complexity index is 1270. The molecule has 2 heterocycles. The van der Waals surface area contributed by atoms with Gasteiger partial charge in [0.15, 0.2) is 0 Å². The Morgan fingerprint density at radius 3 is 1.79 bits per heavy atom. The first-order valence-corrected chi connectivity index (χ1v) is 13.0. The zero-order valence-corrected chi connectivity index (χ0v) is 22.3. The number of hydrogen-bond acceptors (Lipinski definition) is 10. The summed E-state index contributed by atoms with van der Waals surface area (Å²) in [6.07, 6.45) is 0.785. The molecule has 2 aromatic carbocycles. The van der Waals surface area contributed by atoms with Crippen LogP contribution in [-0.4, -0.2) is 55.7 Å². The van der Waals surface area contributed by atoms with Gasteiger partial charge in [-0.1, -0.05) is 0 Å². The first-order chi connectivity index (χ1) is 17.7. The number of halogens is 1. The zero-order chi connectivity index (χ0) is 28.2. The Labute approximate surface area is 221 Å². The van der Waals surface area contributed by atoms with E-state index >= 15 is 0 Å². The molecule has 3 aromatic rings. The lowest BCUT2D eigenvalue weighted by atomic mass is 10.1. The van der Waals surface area contributed by atoms with E-state index in [0.717, 1.165) is 33.2 Å². The summed E-state index contributed by atoms with van der Waals surface area (Å²) in [5.41, 5.74) is 4.32. The Hall–Kier alpha value is -3.55. The molecule has 1 aliphatic heterocycles. The highest BCUT2D eigenvalue weighted by atomic mass is 35.7. The molecule has 1 saturated heterocycles. The highest BCUT2D eigenvalue weighted by Crippen LogP contribution is 2.25. The summed E-state index contributed by atoms with van der Waals surface area (Å²) in [4.78, 5) is 44.8. The van der Waals surface area contributed by atoms with Crippen LogP contribution in [0.5, 0.6) is 0 Å². The Morgan fingerprint density at radius 2 is 1.37 bits per heavy atom. The third-order valence-corrected chi connectivity index (χ3v) is 5.91. The highest BCUT2D eigenvalue weighted by Gasteiger charge is 2.32. The molecule has 0 atom stereocenters. The number of hydrogen-bond donors (Lipinski definition) is 1. The lowest BCUT2D eigenvalue weighted by molar-refractivity contribution is -1.92. The second kappa shape index (κ2) is 11.9. The van der Waals surface area contributed by atoms with Crippen molar-refractivity contribution < 1.29 is 52.7 Å². The molecule has 0 aliphatic carbocycles. The maximum absolute atomic E-state index is 12.3. The molecule has 0 radical (unpaired) electrons. The molecule has 12 nitrogen and oxygen atoms in total. The standard InChI is InChI=1S/C25H29N4O4.ClHO4/c1-26(2)19-9-7-17-14-18-8-10-20(27(3)4)16-22(18)28(21(17)15-19)13-5-6-25(32)33-29-23(30)11-12-24(29)31;2-1(3,4)5/h7-10,14-16H,5-6,11-13H2,1-4H3;(H,2,3,4,5)/q+1;. The van der Waals surface area contributed by atoms with Crippen LogP contribution < -0.4 is 28.3 Å². The summed E-state index contributed by atoms with van der Waals surface area (Å²) in [6, 6.07) is 14.9. The maximum atomic E-state index is 12.3. The van der Waals surface area contributed by atoms with Crippen LogP contribution in [0.15, 0.2) is 42.5 Å². The van der Waals surface area contributed by atoms with Crippen LogP contribution >= 0.6 is 0 Å². The second-order valence-corrected chi connectivity index (χ2v) is 9.91. The van der Waals surface area contributed by atoms with E-state index < -0.39 is 28.0 Å². The van der Waals surface area contributed by atoms with Crippen molar-refractivity contribution in [2.75, 3.05) is 38.0 Å². The van der Waals surface area contributed by atoms with Gasteiger partial charge in [0, 0.05) is 81.7 Å². The summed E-state index contributed by atoms with van der Waals surface area (Å²) < 4.78 is 34.9. The van der Waals surface area contributed by atoms with Gasteiger partial charge >= 0.3 is 5.97 Å². The van der Waals surface area contributed by atoms with Crippen LogP contribution in [0.2, 0.25) is 0 Å². The summed E-state index contributed by atoms with van der Waals surface area (Å²) in [7, 11) is 3.34. The van der Waals surface area contributed by atoms with E-state index in [2.05, 4.69) is 56.8 Å². The van der Waals surface area contributed by atoms with Crippen LogP contribution in [0.3, 0.4) is 0 Å². The third-order valence-electron chi connectivity index (χ3n) is 5.91. The monoisotopic (exact) mass is 549 g/mol. The maximum Gasteiger partial charge on any atom is 0.333 e. The number of carbonyl (C=O) groups is 3. The average Bonchev–Trinajstić information content (AvgIpc) is 3.13. The van der Waals surface area contributed by atoms with E-state index in [-0.39, 0.29) is 19.3 Å². The van der Waals surface area contributed by atoms with Crippen LogP contribution in [-0.2, 0) is 25.8 Å². The largest absolute Gasteiger partial charge is 0.377 e. The number of aromatic nitrogens is 1. The fourth-order valence-electron chi connectivity index (χ4n) is 4.06. The highest BCUT2D eigenvalue weighted by molar-refractivity contribution is 6.01. The van der Waals surface area contributed by atoms with Gasteiger partial charge in [0.25, 0.3) is 11.8 Å². The van der Waals surface area contributed by atoms with E-state index in [9.17, 15) is 14.4 Å². The number of fused-ring (bicyclic) bond motifs is 2. The summed E-state index contributed by atoms with van der Waals surface area (Å²) >= 11 is 0. The molecule has 0 bridgehead atoms. The van der Waals surface area contributed by atoms with Crippen molar-refractivity contribution in [2.24, 2.45) is 0 Å². The quantitative estimate of drug-likeness (QED) is 0.212. The van der Waals surface area contributed by atoms with E-state index in [0.29, 0.717) is 18.0 Å². The number of anilines is 2.